The van der Waals surface area contributed by atoms with Gasteiger partial charge in [0.1, 0.15) is 11.6 Å². The summed E-state index contributed by atoms with van der Waals surface area (Å²) in [5.74, 6) is -2.54. The average Bonchev–Trinajstić information content (AvgIpc) is 3.28. The highest BCUT2D eigenvalue weighted by molar-refractivity contribution is 6.07. The van der Waals surface area contributed by atoms with Crippen LogP contribution in [-0.4, -0.2) is 37.8 Å². The number of rotatable bonds is 7. The topological polar surface area (TPSA) is 97.1 Å². The number of carbonyl (C=O) groups excluding carboxylic acids is 1. The molecular formula is C32H26F2N4O3. The lowest BCUT2D eigenvalue weighted by Gasteiger charge is -2.70. The van der Waals surface area contributed by atoms with Gasteiger partial charge in [-0.15, -0.1) is 0 Å². The number of carboxylic acids is 1. The molecule has 3 aliphatic rings. The third-order valence-electron chi connectivity index (χ3n) is 9.01. The summed E-state index contributed by atoms with van der Waals surface area (Å²) in [6.45, 7) is 2.30. The molecule has 3 saturated carbocycles. The molecule has 2 bridgehead atoms. The lowest BCUT2D eigenvalue weighted by molar-refractivity contribution is -0.230. The molecule has 2 aromatic heterocycles. The maximum Gasteiger partial charge on any atom is 0.309 e. The van der Waals surface area contributed by atoms with Crippen LogP contribution in [0.1, 0.15) is 42.1 Å². The van der Waals surface area contributed by atoms with E-state index in [2.05, 4.69) is 15.4 Å². The van der Waals surface area contributed by atoms with E-state index in [9.17, 15) is 23.5 Å². The molecule has 2 N–H and O–H groups in total. The van der Waals surface area contributed by atoms with Gasteiger partial charge in [0.05, 0.1) is 34.8 Å². The molecule has 3 fully saturated rings. The number of fused-ring (bicyclic) bond motifs is 2. The molecule has 8 rings (SSSR count). The number of hydrogen-bond donors (Lipinski definition) is 2. The van der Waals surface area contributed by atoms with E-state index in [0.717, 1.165) is 22.5 Å². The van der Waals surface area contributed by atoms with Crippen LogP contribution < -0.4 is 5.32 Å². The number of aromatic nitrogens is 3. The van der Waals surface area contributed by atoms with Crippen LogP contribution in [0.4, 0.5) is 8.78 Å². The van der Waals surface area contributed by atoms with Crippen molar-refractivity contribution in [1.82, 2.24) is 20.1 Å². The van der Waals surface area contributed by atoms with Crippen molar-refractivity contribution in [2.45, 2.75) is 38.8 Å². The number of hydrogen-bond acceptors (Lipinski definition) is 4. The van der Waals surface area contributed by atoms with Crippen LogP contribution in [0.5, 0.6) is 0 Å². The molecule has 0 spiro atoms. The molecule has 0 radical (unpaired) electrons. The van der Waals surface area contributed by atoms with Gasteiger partial charge >= 0.3 is 5.97 Å². The predicted molar refractivity (Wildman–Crippen MR) is 149 cm³/mol. The zero-order valence-corrected chi connectivity index (χ0v) is 22.2. The van der Waals surface area contributed by atoms with E-state index in [1.807, 2.05) is 37.3 Å². The van der Waals surface area contributed by atoms with E-state index in [0.29, 0.717) is 47.8 Å². The van der Waals surface area contributed by atoms with E-state index in [1.165, 1.54) is 12.1 Å². The SMILES string of the molecule is C[C@H](NC(=O)c1cc(-c2ccc(F)cc2F)cc2cnn(Cc3ccc4ncccc4c3)c12)C12CC(C(=O)O)(C1)C2. The number of aliphatic carboxylic acids is 1. The minimum absolute atomic E-state index is 0.174. The number of amides is 1. The quantitative estimate of drug-likeness (QED) is 0.260. The molecule has 1 atom stereocenters. The van der Waals surface area contributed by atoms with Crippen molar-refractivity contribution in [3.63, 3.8) is 0 Å². The highest BCUT2D eigenvalue weighted by Crippen LogP contribution is 2.74. The van der Waals surface area contributed by atoms with Crippen molar-refractivity contribution in [2.24, 2.45) is 10.8 Å². The van der Waals surface area contributed by atoms with Gasteiger partial charge in [-0.25, -0.2) is 8.78 Å². The van der Waals surface area contributed by atoms with Gasteiger partial charge in [0.15, 0.2) is 0 Å². The first-order valence-electron chi connectivity index (χ1n) is 13.5. The van der Waals surface area contributed by atoms with Gasteiger partial charge in [0, 0.05) is 34.6 Å². The number of halogens is 2. The van der Waals surface area contributed by atoms with Gasteiger partial charge in [-0.1, -0.05) is 12.1 Å². The van der Waals surface area contributed by atoms with E-state index < -0.39 is 23.0 Å². The molecule has 9 heteroatoms. The van der Waals surface area contributed by atoms with E-state index in [4.69, 9.17) is 0 Å². The number of nitrogens with one attached hydrogen (secondary N) is 1. The van der Waals surface area contributed by atoms with Crippen LogP contribution in [-0.2, 0) is 11.3 Å². The lowest BCUT2D eigenvalue weighted by atomic mass is 9.33. The van der Waals surface area contributed by atoms with Crippen LogP contribution in [0.15, 0.2) is 73.1 Å². The predicted octanol–water partition coefficient (Wildman–Crippen LogP) is 5.95. The van der Waals surface area contributed by atoms with Crippen LogP contribution in [0.3, 0.4) is 0 Å². The Morgan fingerprint density at radius 3 is 2.61 bits per heavy atom. The minimum atomic E-state index is -0.776. The Labute approximate surface area is 233 Å². The van der Waals surface area contributed by atoms with E-state index >= 15 is 0 Å². The number of carboxylic acid groups (broad SMARTS) is 1. The number of carbonyl (C=O) groups is 2. The fraction of sp³-hybridized carbons (Fsp3) is 0.250. The molecule has 1 amide bonds. The van der Waals surface area contributed by atoms with Gasteiger partial charge in [0.2, 0.25) is 0 Å². The summed E-state index contributed by atoms with van der Waals surface area (Å²) in [6, 6.07) is 16.3. The highest BCUT2D eigenvalue weighted by Gasteiger charge is 2.73. The standard InChI is InChI=1S/C32H26F2N4O3/c1-18(31-15-32(16-31,17-31)30(40)41)37-29(39)25-11-21(24-6-5-23(33)12-26(24)34)10-22-13-36-38(28(22)25)14-19-4-7-27-20(9-19)3-2-8-35-27/h2-13,18H,14-17H2,1H3,(H,37,39)(H,40,41)/t18-,31?,32?/m0/s1. The fourth-order valence-electron chi connectivity index (χ4n) is 6.78. The third kappa shape index (κ3) is 3.98. The molecule has 3 aliphatic carbocycles. The smallest absolute Gasteiger partial charge is 0.309 e. The van der Waals surface area contributed by atoms with Crippen molar-refractivity contribution in [3.8, 4) is 11.1 Å². The summed E-state index contributed by atoms with van der Waals surface area (Å²) in [4.78, 5) is 29.8. The van der Waals surface area contributed by atoms with Crippen LogP contribution >= 0.6 is 0 Å². The monoisotopic (exact) mass is 552 g/mol. The highest BCUT2D eigenvalue weighted by atomic mass is 19.1. The third-order valence-corrected chi connectivity index (χ3v) is 9.01. The Kier molecular flexibility index (Phi) is 5.51. The fourth-order valence-corrected chi connectivity index (χ4v) is 6.78. The second-order valence-electron chi connectivity index (χ2n) is 11.6. The van der Waals surface area contributed by atoms with Crippen molar-refractivity contribution < 1.29 is 23.5 Å². The molecular weight excluding hydrogens is 526 g/mol. The summed E-state index contributed by atoms with van der Waals surface area (Å²) >= 11 is 0. The maximum atomic E-state index is 14.8. The number of nitrogens with zero attached hydrogens (tertiary/aromatic N) is 3. The second-order valence-corrected chi connectivity index (χ2v) is 11.6. The van der Waals surface area contributed by atoms with Gasteiger partial charge < -0.3 is 10.4 Å². The Hall–Kier alpha value is -4.66. The first kappa shape index (κ1) is 25.3. The zero-order chi connectivity index (χ0) is 28.5. The molecule has 0 unspecified atom stereocenters. The second kappa shape index (κ2) is 8.92. The zero-order valence-electron chi connectivity index (χ0n) is 22.2. The first-order chi connectivity index (χ1) is 19.7. The van der Waals surface area contributed by atoms with Gasteiger partial charge in [0.25, 0.3) is 5.91 Å². The number of benzene rings is 3. The summed E-state index contributed by atoms with van der Waals surface area (Å²) < 4.78 is 30.2. The molecule has 206 valence electrons. The van der Waals surface area contributed by atoms with Crippen molar-refractivity contribution in [2.75, 3.05) is 0 Å². The van der Waals surface area contributed by atoms with Crippen LogP contribution in [0.25, 0.3) is 32.9 Å². The Bertz CT molecular complexity index is 1880. The summed E-state index contributed by atoms with van der Waals surface area (Å²) in [5.41, 5.74) is 2.47. The average molecular weight is 553 g/mol. The van der Waals surface area contributed by atoms with Crippen LogP contribution in [0.2, 0.25) is 0 Å². The van der Waals surface area contributed by atoms with Gasteiger partial charge in [-0.2, -0.15) is 5.10 Å². The van der Waals surface area contributed by atoms with Gasteiger partial charge in [-0.3, -0.25) is 19.3 Å². The number of pyridine rings is 1. The molecule has 3 aromatic carbocycles. The molecule has 2 heterocycles. The van der Waals surface area contributed by atoms with Gasteiger partial charge in [-0.05, 0) is 85.2 Å². The van der Waals surface area contributed by atoms with Crippen molar-refractivity contribution in [3.05, 3.63) is 95.8 Å². The van der Waals surface area contributed by atoms with Crippen molar-refractivity contribution in [1.29, 1.82) is 0 Å². The summed E-state index contributed by atoms with van der Waals surface area (Å²) in [7, 11) is 0. The lowest BCUT2D eigenvalue weighted by Crippen LogP contribution is -2.71. The summed E-state index contributed by atoms with van der Waals surface area (Å²) in [5, 5.41) is 18.8. The molecule has 5 aromatic rings. The van der Waals surface area contributed by atoms with Crippen molar-refractivity contribution >= 4 is 33.7 Å². The molecule has 41 heavy (non-hydrogen) atoms. The Morgan fingerprint density at radius 2 is 1.85 bits per heavy atom. The summed E-state index contributed by atoms with van der Waals surface area (Å²) in [6.07, 6.45) is 5.01. The largest absolute Gasteiger partial charge is 0.481 e. The maximum absolute atomic E-state index is 14.8. The van der Waals surface area contributed by atoms with E-state index in [-0.39, 0.29) is 22.9 Å². The first-order valence-corrected chi connectivity index (χ1v) is 13.5. The van der Waals surface area contributed by atoms with E-state index in [1.54, 1.807) is 29.2 Å². The normalized spacial score (nSPS) is 21.7. The molecule has 0 saturated heterocycles. The van der Waals surface area contributed by atoms with Crippen LogP contribution in [0, 0.1) is 22.5 Å². The minimum Gasteiger partial charge on any atom is -0.481 e. The Balaban J connectivity index is 1.27. The molecule has 7 nitrogen and oxygen atoms in total. The Morgan fingerprint density at radius 1 is 1.05 bits per heavy atom. The molecule has 0 aliphatic heterocycles.